The van der Waals surface area contributed by atoms with Crippen molar-refractivity contribution in [1.82, 2.24) is 14.3 Å². The van der Waals surface area contributed by atoms with E-state index in [9.17, 15) is 4.79 Å². The Kier molecular flexibility index (Phi) is 5.24. The topological polar surface area (TPSA) is 78.1 Å². The Balaban J connectivity index is 1.82. The molecular formula is C17H19N3O3S. The number of rotatable bonds is 7. The maximum Gasteiger partial charge on any atom is 0.228 e. The number of amides is 1. The first-order valence-electron chi connectivity index (χ1n) is 7.73. The van der Waals surface area contributed by atoms with Crippen molar-refractivity contribution in [2.75, 3.05) is 26.3 Å². The van der Waals surface area contributed by atoms with Gasteiger partial charge >= 0.3 is 0 Å². The molecule has 0 fully saturated rings. The van der Waals surface area contributed by atoms with Crippen LogP contribution in [-0.4, -0.2) is 56.7 Å². The molecule has 0 radical (unpaired) electrons. The van der Waals surface area contributed by atoms with Gasteiger partial charge in [0.2, 0.25) is 5.91 Å². The van der Waals surface area contributed by atoms with Crippen LogP contribution in [0.4, 0.5) is 0 Å². The highest BCUT2D eigenvalue weighted by molar-refractivity contribution is 7.15. The number of imidazole rings is 1. The van der Waals surface area contributed by atoms with Crippen molar-refractivity contribution < 1.29 is 15.0 Å². The number of thiazole rings is 1. The van der Waals surface area contributed by atoms with E-state index in [-0.39, 0.29) is 38.6 Å². The van der Waals surface area contributed by atoms with Crippen molar-refractivity contribution in [3.63, 3.8) is 0 Å². The number of hydrogen-bond donors (Lipinski definition) is 2. The van der Waals surface area contributed by atoms with Crippen LogP contribution in [0.15, 0.2) is 41.9 Å². The lowest BCUT2D eigenvalue weighted by molar-refractivity contribution is -0.131. The third-order valence-electron chi connectivity index (χ3n) is 3.78. The Morgan fingerprint density at radius 1 is 1.17 bits per heavy atom. The first-order valence-corrected chi connectivity index (χ1v) is 8.61. The molecule has 7 heteroatoms. The summed E-state index contributed by atoms with van der Waals surface area (Å²) in [4.78, 5) is 19.3. The second-order valence-electron chi connectivity index (χ2n) is 5.38. The summed E-state index contributed by atoms with van der Waals surface area (Å²) in [5.41, 5.74) is 2.77. The van der Waals surface area contributed by atoms with Crippen molar-refractivity contribution in [2.45, 2.75) is 6.42 Å². The summed E-state index contributed by atoms with van der Waals surface area (Å²) < 4.78 is 1.93. The number of aliphatic hydroxyl groups excluding tert-OH is 2. The SMILES string of the molecule is O=C(Cc1csc2nc(-c3ccccc3)cn12)N(CCO)CCO. The summed E-state index contributed by atoms with van der Waals surface area (Å²) in [7, 11) is 0. The highest BCUT2D eigenvalue weighted by Gasteiger charge is 2.17. The minimum absolute atomic E-state index is 0.117. The van der Waals surface area contributed by atoms with E-state index in [0.717, 1.165) is 21.9 Å². The van der Waals surface area contributed by atoms with Gasteiger partial charge < -0.3 is 15.1 Å². The number of aromatic nitrogens is 2. The highest BCUT2D eigenvalue weighted by atomic mass is 32.1. The molecular weight excluding hydrogens is 326 g/mol. The third kappa shape index (κ3) is 3.48. The van der Waals surface area contributed by atoms with Gasteiger partial charge in [0.1, 0.15) is 0 Å². The van der Waals surface area contributed by atoms with Gasteiger partial charge in [-0.15, -0.1) is 11.3 Å². The van der Waals surface area contributed by atoms with Gasteiger partial charge in [0.15, 0.2) is 4.96 Å². The number of nitrogens with zero attached hydrogens (tertiary/aromatic N) is 3. The maximum atomic E-state index is 12.4. The quantitative estimate of drug-likeness (QED) is 0.679. The summed E-state index contributed by atoms with van der Waals surface area (Å²) in [6.07, 6.45) is 2.15. The second-order valence-corrected chi connectivity index (χ2v) is 6.21. The monoisotopic (exact) mass is 345 g/mol. The van der Waals surface area contributed by atoms with Gasteiger partial charge in [-0.3, -0.25) is 9.20 Å². The van der Waals surface area contributed by atoms with E-state index in [1.165, 1.54) is 16.2 Å². The lowest BCUT2D eigenvalue weighted by atomic mass is 10.2. The molecule has 2 N–H and O–H groups in total. The molecule has 0 saturated heterocycles. The van der Waals surface area contributed by atoms with Crippen LogP contribution in [0.2, 0.25) is 0 Å². The zero-order chi connectivity index (χ0) is 16.9. The fourth-order valence-corrected chi connectivity index (χ4v) is 3.45. The maximum absolute atomic E-state index is 12.4. The zero-order valence-corrected chi connectivity index (χ0v) is 13.9. The number of aliphatic hydroxyl groups is 2. The molecule has 0 unspecified atom stereocenters. The largest absolute Gasteiger partial charge is 0.395 e. The lowest BCUT2D eigenvalue weighted by Crippen LogP contribution is -2.37. The Morgan fingerprint density at radius 2 is 1.88 bits per heavy atom. The molecule has 126 valence electrons. The van der Waals surface area contributed by atoms with Crippen molar-refractivity contribution in [2.24, 2.45) is 0 Å². The number of carbonyl (C=O) groups is 1. The molecule has 1 amide bonds. The Labute approximate surface area is 143 Å². The molecule has 2 heterocycles. The Morgan fingerprint density at radius 3 is 2.54 bits per heavy atom. The van der Waals surface area contributed by atoms with E-state index in [1.807, 2.05) is 46.3 Å². The molecule has 6 nitrogen and oxygen atoms in total. The minimum Gasteiger partial charge on any atom is -0.395 e. The number of benzene rings is 1. The average molecular weight is 345 g/mol. The van der Waals surface area contributed by atoms with E-state index in [1.54, 1.807) is 0 Å². The Hall–Kier alpha value is -2.22. The summed E-state index contributed by atoms with van der Waals surface area (Å²) in [5, 5.41) is 20.0. The van der Waals surface area contributed by atoms with Crippen LogP contribution in [-0.2, 0) is 11.2 Å². The first kappa shape index (κ1) is 16.6. The van der Waals surface area contributed by atoms with E-state index in [0.29, 0.717) is 0 Å². The number of hydrogen-bond acceptors (Lipinski definition) is 5. The van der Waals surface area contributed by atoms with Gasteiger partial charge in [-0.1, -0.05) is 30.3 Å². The van der Waals surface area contributed by atoms with Crippen LogP contribution in [0, 0.1) is 0 Å². The molecule has 0 spiro atoms. The molecule has 24 heavy (non-hydrogen) atoms. The predicted octanol–water partition coefficient (Wildman–Crippen LogP) is 1.42. The van der Waals surface area contributed by atoms with Crippen molar-refractivity contribution in [1.29, 1.82) is 0 Å². The fraction of sp³-hybridized carbons (Fsp3) is 0.294. The summed E-state index contributed by atoms with van der Waals surface area (Å²) in [6.45, 7) is 0.222. The van der Waals surface area contributed by atoms with Crippen LogP contribution in [0.25, 0.3) is 16.2 Å². The summed E-state index contributed by atoms with van der Waals surface area (Å²) >= 11 is 1.49. The van der Waals surface area contributed by atoms with E-state index >= 15 is 0 Å². The molecule has 2 aromatic heterocycles. The molecule has 0 aliphatic carbocycles. The molecule has 3 rings (SSSR count). The van der Waals surface area contributed by atoms with Crippen LogP contribution in [0.5, 0.6) is 0 Å². The van der Waals surface area contributed by atoms with Gasteiger partial charge in [-0.05, 0) is 0 Å². The molecule has 3 aromatic rings. The number of carbonyl (C=O) groups excluding carboxylic acids is 1. The van der Waals surface area contributed by atoms with Crippen molar-refractivity contribution in [3.05, 3.63) is 47.6 Å². The van der Waals surface area contributed by atoms with Gasteiger partial charge in [0.25, 0.3) is 0 Å². The normalized spacial score (nSPS) is 11.1. The van der Waals surface area contributed by atoms with Crippen LogP contribution < -0.4 is 0 Å². The number of fused-ring (bicyclic) bond motifs is 1. The van der Waals surface area contributed by atoms with Crippen molar-refractivity contribution >= 4 is 22.2 Å². The third-order valence-corrected chi connectivity index (χ3v) is 4.67. The minimum atomic E-state index is -0.118. The first-order chi connectivity index (χ1) is 11.7. The van der Waals surface area contributed by atoms with Crippen LogP contribution in [0.3, 0.4) is 0 Å². The molecule has 0 aliphatic rings. The predicted molar refractivity (Wildman–Crippen MR) is 93.0 cm³/mol. The van der Waals surface area contributed by atoms with Gasteiger partial charge in [0, 0.05) is 35.9 Å². The Bertz CT molecular complexity index is 807. The lowest BCUT2D eigenvalue weighted by Gasteiger charge is -2.20. The molecule has 0 atom stereocenters. The van der Waals surface area contributed by atoms with E-state index < -0.39 is 0 Å². The van der Waals surface area contributed by atoms with Crippen LogP contribution in [0.1, 0.15) is 5.69 Å². The van der Waals surface area contributed by atoms with Gasteiger partial charge in [-0.25, -0.2) is 4.98 Å². The molecule has 0 saturated carbocycles. The standard InChI is InChI=1S/C17H19N3O3S/c21-8-6-19(7-9-22)16(23)10-14-12-24-17-18-15(11-20(14)17)13-4-2-1-3-5-13/h1-5,11-12,21-22H,6-10H2. The van der Waals surface area contributed by atoms with Gasteiger partial charge in [-0.2, -0.15) is 0 Å². The molecule has 1 aromatic carbocycles. The van der Waals surface area contributed by atoms with Gasteiger partial charge in [0.05, 0.1) is 25.3 Å². The van der Waals surface area contributed by atoms with Crippen LogP contribution >= 0.6 is 11.3 Å². The molecule has 0 aliphatic heterocycles. The smallest absolute Gasteiger partial charge is 0.228 e. The van der Waals surface area contributed by atoms with Crippen molar-refractivity contribution in [3.8, 4) is 11.3 Å². The fourth-order valence-electron chi connectivity index (χ4n) is 2.57. The average Bonchev–Trinajstić information content (AvgIpc) is 3.17. The zero-order valence-electron chi connectivity index (χ0n) is 13.1. The highest BCUT2D eigenvalue weighted by Crippen LogP contribution is 2.23. The van der Waals surface area contributed by atoms with E-state index in [2.05, 4.69) is 4.98 Å². The summed E-state index contributed by atoms with van der Waals surface area (Å²) in [5.74, 6) is -0.118. The van der Waals surface area contributed by atoms with E-state index in [4.69, 9.17) is 10.2 Å². The second kappa shape index (κ2) is 7.57. The summed E-state index contributed by atoms with van der Waals surface area (Å²) in [6, 6.07) is 9.90. The molecule has 0 bridgehead atoms.